The largest absolute Gasteiger partial charge is 0.344 e. The predicted octanol–water partition coefficient (Wildman–Crippen LogP) is 2.74. The predicted molar refractivity (Wildman–Crippen MR) is 95.3 cm³/mol. The van der Waals surface area contributed by atoms with Crippen LogP contribution in [0.15, 0.2) is 48.5 Å². The number of amides is 2. The van der Waals surface area contributed by atoms with Crippen molar-refractivity contribution in [2.75, 3.05) is 0 Å². The average Bonchev–Trinajstić information content (AvgIpc) is 2.64. The van der Waals surface area contributed by atoms with Gasteiger partial charge in [0.25, 0.3) is 0 Å². The van der Waals surface area contributed by atoms with E-state index in [2.05, 4.69) is 24.5 Å². The summed E-state index contributed by atoms with van der Waals surface area (Å²) in [5.74, 6) is -1.22. The van der Waals surface area contributed by atoms with Gasteiger partial charge in [-0.25, -0.2) is 0 Å². The van der Waals surface area contributed by atoms with Crippen LogP contribution >= 0.6 is 0 Å². The van der Waals surface area contributed by atoms with Crippen LogP contribution in [0, 0.1) is 0 Å². The number of carbonyl (C=O) groups is 2. The van der Waals surface area contributed by atoms with Crippen LogP contribution in [0.3, 0.4) is 0 Å². The molecule has 2 aromatic carbocycles. The molecule has 0 spiro atoms. The van der Waals surface area contributed by atoms with Gasteiger partial charge in [-0.1, -0.05) is 62.4 Å². The fourth-order valence-electron chi connectivity index (χ4n) is 2.31. The molecule has 4 nitrogen and oxygen atoms in total. The molecule has 2 rings (SSSR count). The molecule has 0 aliphatic rings. The highest BCUT2D eigenvalue weighted by Crippen LogP contribution is 2.05. The molecule has 0 fully saturated rings. The van der Waals surface area contributed by atoms with Crippen molar-refractivity contribution in [2.45, 2.75) is 39.8 Å². The molecule has 0 saturated heterocycles. The van der Waals surface area contributed by atoms with Crippen molar-refractivity contribution in [1.82, 2.24) is 10.6 Å². The van der Waals surface area contributed by atoms with E-state index in [-0.39, 0.29) is 0 Å². The molecule has 2 N–H and O–H groups in total. The molecule has 0 aromatic heterocycles. The van der Waals surface area contributed by atoms with Crippen LogP contribution in [-0.4, -0.2) is 11.8 Å². The van der Waals surface area contributed by atoms with Gasteiger partial charge in [-0.15, -0.1) is 0 Å². The lowest BCUT2D eigenvalue weighted by Crippen LogP contribution is -2.39. The van der Waals surface area contributed by atoms with Crippen LogP contribution in [0.5, 0.6) is 0 Å². The van der Waals surface area contributed by atoms with Crippen LogP contribution in [0.1, 0.15) is 36.1 Å². The molecule has 0 heterocycles. The lowest BCUT2D eigenvalue weighted by molar-refractivity contribution is -0.139. The van der Waals surface area contributed by atoms with Crippen LogP contribution in [-0.2, 0) is 35.5 Å². The first-order chi connectivity index (χ1) is 11.6. The third-order valence-corrected chi connectivity index (χ3v) is 3.97. The van der Waals surface area contributed by atoms with Gasteiger partial charge >= 0.3 is 11.8 Å². The molecular weight excluding hydrogens is 300 g/mol. The minimum Gasteiger partial charge on any atom is -0.344 e. The van der Waals surface area contributed by atoms with E-state index in [0.717, 1.165) is 24.0 Å². The smallest absolute Gasteiger partial charge is 0.309 e. The summed E-state index contributed by atoms with van der Waals surface area (Å²) in [5.41, 5.74) is 4.45. The Morgan fingerprint density at radius 2 is 0.917 bits per heavy atom. The van der Waals surface area contributed by atoms with Crippen LogP contribution in [0.2, 0.25) is 0 Å². The van der Waals surface area contributed by atoms with Crippen molar-refractivity contribution in [3.63, 3.8) is 0 Å². The molecule has 0 saturated carbocycles. The fraction of sp³-hybridized carbons (Fsp3) is 0.300. The molecule has 0 radical (unpaired) electrons. The Kier molecular flexibility index (Phi) is 6.55. The summed E-state index contributed by atoms with van der Waals surface area (Å²) in [7, 11) is 0. The first kappa shape index (κ1) is 17.7. The Hall–Kier alpha value is -2.62. The number of carbonyl (C=O) groups excluding carboxylic acids is 2. The van der Waals surface area contributed by atoms with Gasteiger partial charge in [-0.05, 0) is 35.1 Å². The Labute approximate surface area is 143 Å². The second kappa shape index (κ2) is 8.87. The lowest BCUT2D eigenvalue weighted by Gasteiger charge is -2.08. The minimum atomic E-state index is -0.611. The summed E-state index contributed by atoms with van der Waals surface area (Å²) in [4.78, 5) is 23.7. The molecule has 2 amide bonds. The van der Waals surface area contributed by atoms with E-state index in [1.807, 2.05) is 48.5 Å². The van der Waals surface area contributed by atoms with Gasteiger partial charge in [0.15, 0.2) is 0 Å². The third kappa shape index (κ3) is 5.23. The highest BCUT2D eigenvalue weighted by atomic mass is 16.2. The zero-order valence-corrected chi connectivity index (χ0v) is 14.3. The number of nitrogens with one attached hydrogen (secondary N) is 2. The molecule has 0 aliphatic carbocycles. The normalized spacial score (nSPS) is 10.2. The summed E-state index contributed by atoms with van der Waals surface area (Å²) >= 11 is 0. The summed E-state index contributed by atoms with van der Waals surface area (Å²) in [5, 5.41) is 5.28. The van der Waals surface area contributed by atoms with E-state index in [4.69, 9.17) is 0 Å². The molecule has 0 atom stereocenters. The number of hydrogen-bond acceptors (Lipinski definition) is 2. The van der Waals surface area contributed by atoms with Crippen LogP contribution < -0.4 is 10.6 Å². The maximum absolute atomic E-state index is 11.8. The van der Waals surface area contributed by atoms with E-state index in [1.54, 1.807) is 0 Å². The van der Waals surface area contributed by atoms with E-state index < -0.39 is 11.8 Å². The van der Waals surface area contributed by atoms with Crippen molar-refractivity contribution < 1.29 is 9.59 Å². The molecular formula is C20H24N2O2. The Morgan fingerprint density at radius 3 is 1.21 bits per heavy atom. The summed E-state index contributed by atoms with van der Waals surface area (Å²) in [6, 6.07) is 16.0. The van der Waals surface area contributed by atoms with Gasteiger partial charge in [0.2, 0.25) is 0 Å². The molecule has 126 valence electrons. The monoisotopic (exact) mass is 324 g/mol. The second-order valence-corrected chi connectivity index (χ2v) is 5.71. The topological polar surface area (TPSA) is 58.2 Å². The van der Waals surface area contributed by atoms with Crippen molar-refractivity contribution in [2.24, 2.45) is 0 Å². The highest BCUT2D eigenvalue weighted by Gasteiger charge is 2.12. The second-order valence-electron chi connectivity index (χ2n) is 5.71. The van der Waals surface area contributed by atoms with Gasteiger partial charge in [0.1, 0.15) is 0 Å². The Morgan fingerprint density at radius 1 is 0.625 bits per heavy atom. The zero-order valence-electron chi connectivity index (χ0n) is 14.3. The highest BCUT2D eigenvalue weighted by molar-refractivity contribution is 6.35. The van der Waals surface area contributed by atoms with Crippen molar-refractivity contribution in [1.29, 1.82) is 0 Å². The van der Waals surface area contributed by atoms with E-state index in [9.17, 15) is 9.59 Å². The van der Waals surface area contributed by atoms with Gasteiger partial charge in [-0.2, -0.15) is 0 Å². The molecule has 4 heteroatoms. The van der Waals surface area contributed by atoms with Crippen molar-refractivity contribution in [3.05, 3.63) is 70.8 Å². The van der Waals surface area contributed by atoms with Crippen molar-refractivity contribution >= 4 is 11.8 Å². The first-order valence-corrected chi connectivity index (χ1v) is 8.34. The van der Waals surface area contributed by atoms with Crippen LogP contribution in [0.25, 0.3) is 0 Å². The summed E-state index contributed by atoms with van der Waals surface area (Å²) < 4.78 is 0. The molecule has 0 bridgehead atoms. The fourth-order valence-corrected chi connectivity index (χ4v) is 2.31. The molecule has 0 aliphatic heterocycles. The standard InChI is InChI=1S/C20H24N2O2/c1-3-15-5-9-17(10-6-15)13-21-19(23)20(24)22-14-18-11-7-16(4-2)8-12-18/h5-12H,3-4,13-14H2,1-2H3,(H,21,23)(H,22,24). The quantitative estimate of drug-likeness (QED) is 0.803. The zero-order chi connectivity index (χ0) is 17.4. The van der Waals surface area contributed by atoms with Gasteiger partial charge in [0.05, 0.1) is 0 Å². The van der Waals surface area contributed by atoms with Gasteiger partial charge < -0.3 is 10.6 Å². The van der Waals surface area contributed by atoms with E-state index >= 15 is 0 Å². The number of hydrogen-bond donors (Lipinski definition) is 2. The third-order valence-electron chi connectivity index (χ3n) is 3.97. The first-order valence-electron chi connectivity index (χ1n) is 8.34. The summed E-state index contributed by atoms with van der Waals surface area (Å²) in [6.07, 6.45) is 1.96. The number of benzene rings is 2. The van der Waals surface area contributed by atoms with Gasteiger partial charge in [0, 0.05) is 13.1 Å². The Bertz CT molecular complexity index is 614. The van der Waals surface area contributed by atoms with Gasteiger partial charge in [-0.3, -0.25) is 9.59 Å². The maximum Gasteiger partial charge on any atom is 0.309 e. The SMILES string of the molecule is CCc1ccc(CNC(=O)C(=O)NCc2ccc(CC)cc2)cc1. The van der Waals surface area contributed by atoms with E-state index in [0.29, 0.717) is 13.1 Å². The number of rotatable bonds is 6. The van der Waals surface area contributed by atoms with Crippen LogP contribution in [0.4, 0.5) is 0 Å². The number of aryl methyl sites for hydroxylation is 2. The Balaban J connectivity index is 1.77. The summed E-state index contributed by atoms with van der Waals surface area (Å²) in [6.45, 7) is 4.89. The minimum absolute atomic E-state index is 0.349. The molecule has 2 aromatic rings. The van der Waals surface area contributed by atoms with E-state index in [1.165, 1.54) is 11.1 Å². The average molecular weight is 324 g/mol. The van der Waals surface area contributed by atoms with Crippen molar-refractivity contribution in [3.8, 4) is 0 Å². The molecule has 24 heavy (non-hydrogen) atoms. The maximum atomic E-state index is 11.8. The molecule has 0 unspecified atom stereocenters. The lowest BCUT2D eigenvalue weighted by atomic mass is 10.1.